The van der Waals surface area contributed by atoms with Gasteiger partial charge in [0, 0.05) is 26.0 Å². The molecule has 29 heavy (non-hydrogen) atoms. The summed E-state index contributed by atoms with van der Waals surface area (Å²) < 4.78 is 7.99. The van der Waals surface area contributed by atoms with Gasteiger partial charge in [0.1, 0.15) is 11.6 Å². The number of benzene rings is 1. The number of rotatable bonds is 6. The number of amides is 1. The molecule has 1 atom stereocenters. The van der Waals surface area contributed by atoms with Crippen LogP contribution in [0, 0.1) is 6.92 Å². The minimum atomic E-state index is -0.170. The SMILES string of the molecule is Cc1ncc(CN2CCC[C@@H]2C(=O)Nc2ccccc2Oc2cccnc2)n1C. The Kier molecular flexibility index (Phi) is 5.57. The molecule has 1 saturated heterocycles. The summed E-state index contributed by atoms with van der Waals surface area (Å²) in [6.07, 6.45) is 7.07. The molecular formula is C22H25N5O2. The van der Waals surface area contributed by atoms with E-state index in [0.717, 1.165) is 30.9 Å². The number of aromatic nitrogens is 3. The molecule has 150 valence electrons. The number of aryl methyl sites for hydroxylation is 1. The highest BCUT2D eigenvalue weighted by atomic mass is 16.5. The van der Waals surface area contributed by atoms with E-state index >= 15 is 0 Å². The number of imidazole rings is 1. The van der Waals surface area contributed by atoms with E-state index < -0.39 is 0 Å². The third kappa shape index (κ3) is 4.30. The highest BCUT2D eigenvalue weighted by Gasteiger charge is 2.31. The fraction of sp³-hybridized carbons (Fsp3) is 0.318. The van der Waals surface area contributed by atoms with Crippen LogP contribution in [-0.4, -0.2) is 37.9 Å². The Bertz CT molecular complexity index is 986. The van der Waals surface area contributed by atoms with Gasteiger partial charge in [0.2, 0.25) is 5.91 Å². The first-order valence-corrected chi connectivity index (χ1v) is 9.81. The highest BCUT2D eigenvalue weighted by Crippen LogP contribution is 2.30. The minimum absolute atomic E-state index is 0.0105. The molecule has 1 N–H and O–H groups in total. The van der Waals surface area contributed by atoms with Crippen molar-refractivity contribution in [2.45, 2.75) is 32.4 Å². The van der Waals surface area contributed by atoms with E-state index in [1.807, 2.05) is 56.6 Å². The lowest BCUT2D eigenvalue weighted by atomic mass is 10.2. The quantitative estimate of drug-likeness (QED) is 0.696. The van der Waals surface area contributed by atoms with Crippen LogP contribution in [0.15, 0.2) is 55.0 Å². The van der Waals surface area contributed by atoms with Gasteiger partial charge in [-0.3, -0.25) is 14.7 Å². The Hall–Kier alpha value is -3.19. The van der Waals surface area contributed by atoms with E-state index in [1.54, 1.807) is 12.4 Å². The van der Waals surface area contributed by atoms with Crippen molar-refractivity contribution in [3.63, 3.8) is 0 Å². The lowest BCUT2D eigenvalue weighted by Gasteiger charge is -2.24. The number of anilines is 1. The number of carbonyl (C=O) groups is 1. The summed E-state index contributed by atoms with van der Waals surface area (Å²) in [4.78, 5) is 23.7. The van der Waals surface area contributed by atoms with Crippen LogP contribution < -0.4 is 10.1 Å². The second-order valence-corrected chi connectivity index (χ2v) is 7.26. The van der Waals surface area contributed by atoms with E-state index in [0.29, 0.717) is 23.7 Å². The molecule has 0 saturated carbocycles. The Morgan fingerprint density at radius 1 is 1.24 bits per heavy atom. The average molecular weight is 391 g/mol. The molecule has 3 heterocycles. The zero-order chi connectivity index (χ0) is 20.2. The van der Waals surface area contributed by atoms with Gasteiger partial charge in [0.25, 0.3) is 0 Å². The first-order valence-electron chi connectivity index (χ1n) is 9.81. The van der Waals surface area contributed by atoms with Crippen LogP contribution in [-0.2, 0) is 18.4 Å². The number of hydrogen-bond donors (Lipinski definition) is 1. The maximum Gasteiger partial charge on any atom is 0.241 e. The standard InChI is InChI=1S/C22H25N5O2/c1-16-24-13-17(26(16)2)15-27-12-6-9-20(27)22(28)25-19-8-3-4-10-21(19)29-18-7-5-11-23-14-18/h3-5,7-8,10-11,13-14,20H,6,9,12,15H2,1-2H3,(H,25,28)/t20-/m1/s1. The van der Waals surface area contributed by atoms with Gasteiger partial charge in [0.15, 0.2) is 5.75 Å². The Morgan fingerprint density at radius 3 is 2.86 bits per heavy atom. The molecule has 1 aliphatic heterocycles. The van der Waals surface area contributed by atoms with Crippen molar-refractivity contribution < 1.29 is 9.53 Å². The van der Waals surface area contributed by atoms with Crippen molar-refractivity contribution in [2.24, 2.45) is 7.05 Å². The van der Waals surface area contributed by atoms with E-state index in [4.69, 9.17) is 4.74 Å². The fourth-order valence-electron chi connectivity index (χ4n) is 3.63. The van der Waals surface area contributed by atoms with Gasteiger partial charge in [-0.15, -0.1) is 0 Å². The molecule has 3 aromatic rings. The number of nitrogens with zero attached hydrogens (tertiary/aromatic N) is 4. The molecule has 1 fully saturated rings. The van der Waals surface area contributed by atoms with Crippen LogP contribution in [0.3, 0.4) is 0 Å². The van der Waals surface area contributed by atoms with Gasteiger partial charge < -0.3 is 14.6 Å². The van der Waals surface area contributed by atoms with Crippen molar-refractivity contribution in [3.05, 3.63) is 66.5 Å². The number of pyridine rings is 1. The number of carbonyl (C=O) groups excluding carboxylic acids is 1. The lowest BCUT2D eigenvalue weighted by Crippen LogP contribution is -2.39. The third-order valence-corrected chi connectivity index (χ3v) is 5.36. The molecule has 1 aromatic carbocycles. The zero-order valence-electron chi connectivity index (χ0n) is 16.7. The van der Waals surface area contributed by atoms with E-state index in [1.165, 1.54) is 0 Å². The summed E-state index contributed by atoms with van der Waals surface area (Å²) in [5, 5.41) is 3.06. The Balaban J connectivity index is 1.47. The van der Waals surface area contributed by atoms with Crippen molar-refractivity contribution >= 4 is 11.6 Å². The second-order valence-electron chi connectivity index (χ2n) is 7.26. The van der Waals surface area contributed by atoms with Crippen molar-refractivity contribution in [3.8, 4) is 11.5 Å². The van der Waals surface area contributed by atoms with Crippen LogP contribution in [0.4, 0.5) is 5.69 Å². The van der Waals surface area contributed by atoms with Crippen LogP contribution in [0.1, 0.15) is 24.4 Å². The number of nitrogens with one attached hydrogen (secondary N) is 1. The van der Waals surface area contributed by atoms with Gasteiger partial charge in [-0.1, -0.05) is 12.1 Å². The topological polar surface area (TPSA) is 72.3 Å². The summed E-state index contributed by atoms with van der Waals surface area (Å²) in [5.41, 5.74) is 1.77. The van der Waals surface area contributed by atoms with Crippen LogP contribution >= 0.6 is 0 Å². The van der Waals surface area contributed by atoms with Crippen molar-refractivity contribution in [1.82, 2.24) is 19.4 Å². The normalized spacial score (nSPS) is 16.7. The molecular weight excluding hydrogens is 366 g/mol. The summed E-state index contributed by atoms with van der Waals surface area (Å²) in [5.74, 6) is 2.19. The van der Waals surface area contributed by atoms with Gasteiger partial charge in [0.05, 0.1) is 23.6 Å². The molecule has 0 spiro atoms. The summed E-state index contributed by atoms with van der Waals surface area (Å²) >= 11 is 0. The molecule has 1 amide bonds. The van der Waals surface area contributed by atoms with Crippen LogP contribution in [0.5, 0.6) is 11.5 Å². The van der Waals surface area contributed by atoms with E-state index in [9.17, 15) is 4.79 Å². The highest BCUT2D eigenvalue weighted by molar-refractivity contribution is 5.96. The van der Waals surface area contributed by atoms with Crippen LogP contribution in [0.25, 0.3) is 0 Å². The number of hydrogen-bond acceptors (Lipinski definition) is 5. The van der Waals surface area contributed by atoms with E-state index in [2.05, 4.69) is 24.8 Å². The van der Waals surface area contributed by atoms with Gasteiger partial charge in [-0.2, -0.15) is 0 Å². The maximum absolute atomic E-state index is 13.1. The largest absolute Gasteiger partial charge is 0.454 e. The average Bonchev–Trinajstić information content (AvgIpc) is 3.32. The lowest BCUT2D eigenvalue weighted by molar-refractivity contribution is -0.120. The third-order valence-electron chi connectivity index (χ3n) is 5.36. The molecule has 0 unspecified atom stereocenters. The van der Waals surface area contributed by atoms with Crippen LogP contribution in [0.2, 0.25) is 0 Å². The Morgan fingerprint density at radius 2 is 2.10 bits per heavy atom. The number of ether oxygens (including phenoxy) is 1. The smallest absolute Gasteiger partial charge is 0.241 e. The maximum atomic E-state index is 13.1. The molecule has 0 radical (unpaired) electrons. The molecule has 7 nitrogen and oxygen atoms in total. The summed E-state index contributed by atoms with van der Waals surface area (Å²) in [6.45, 7) is 3.59. The second kappa shape index (κ2) is 8.45. The summed E-state index contributed by atoms with van der Waals surface area (Å²) in [6, 6.07) is 10.9. The molecule has 0 bridgehead atoms. The van der Waals surface area contributed by atoms with Crippen molar-refractivity contribution in [1.29, 1.82) is 0 Å². The predicted octanol–water partition coefficient (Wildman–Crippen LogP) is 3.52. The molecule has 0 aliphatic carbocycles. The summed E-state index contributed by atoms with van der Waals surface area (Å²) in [7, 11) is 2.01. The first kappa shape index (κ1) is 19.1. The number of para-hydroxylation sites is 2. The first-order chi connectivity index (χ1) is 14.1. The Labute approximate surface area is 170 Å². The van der Waals surface area contributed by atoms with E-state index in [-0.39, 0.29) is 11.9 Å². The molecule has 4 rings (SSSR count). The fourth-order valence-corrected chi connectivity index (χ4v) is 3.63. The predicted molar refractivity (Wildman–Crippen MR) is 111 cm³/mol. The van der Waals surface area contributed by atoms with Crippen molar-refractivity contribution in [2.75, 3.05) is 11.9 Å². The van der Waals surface area contributed by atoms with Gasteiger partial charge in [-0.25, -0.2) is 4.98 Å². The monoisotopic (exact) mass is 391 g/mol. The van der Waals surface area contributed by atoms with Gasteiger partial charge in [-0.05, 0) is 50.6 Å². The molecule has 1 aliphatic rings. The number of likely N-dealkylation sites (tertiary alicyclic amines) is 1. The molecule has 2 aromatic heterocycles. The van der Waals surface area contributed by atoms with Gasteiger partial charge >= 0.3 is 0 Å². The zero-order valence-corrected chi connectivity index (χ0v) is 16.7. The minimum Gasteiger partial charge on any atom is -0.454 e. The molecule has 7 heteroatoms.